The highest BCUT2D eigenvalue weighted by atomic mass is 16.5. The summed E-state index contributed by atoms with van der Waals surface area (Å²) in [7, 11) is 1.68. The van der Waals surface area contributed by atoms with Gasteiger partial charge in [0.25, 0.3) is 0 Å². The van der Waals surface area contributed by atoms with Gasteiger partial charge in [-0.2, -0.15) is 5.26 Å². The summed E-state index contributed by atoms with van der Waals surface area (Å²) in [6, 6.07) is 10.5. The van der Waals surface area contributed by atoms with Crippen molar-refractivity contribution >= 4 is 0 Å². The van der Waals surface area contributed by atoms with Crippen LogP contribution in [-0.2, 0) is 5.41 Å². The molecule has 0 aromatic heterocycles. The maximum atomic E-state index is 8.93. The van der Waals surface area contributed by atoms with Crippen LogP contribution in [0.3, 0.4) is 0 Å². The molecule has 0 amide bonds. The van der Waals surface area contributed by atoms with E-state index in [1.165, 1.54) is 5.56 Å². The van der Waals surface area contributed by atoms with Gasteiger partial charge in [0.15, 0.2) is 0 Å². The molecule has 104 valence electrons. The summed E-state index contributed by atoms with van der Waals surface area (Å²) >= 11 is 0. The van der Waals surface area contributed by atoms with Gasteiger partial charge >= 0.3 is 0 Å². The summed E-state index contributed by atoms with van der Waals surface area (Å²) in [5, 5.41) is 12.3. The van der Waals surface area contributed by atoms with E-state index in [0.29, 0.717) is 0 Å². The Morgan fingerprint density at radius 3 is 2.42 bits per heavy atom. The molecule has 3 heteroatoms. The molecule has 1 aromatic rings. The van der Waals surface area contributed by atoms with Crippen molar-refractivity contribution in [1.29, 1.82) is 5.26 Å². The summed E-state index contributed by atoms with van der Waals surface area (Å²) < 4.78 is 5.17. The van der Waals surface area contributed by atoms with Gasteiger partial charge in [0, 0.05) is 18.5 Å². The van der Waals surface area contributed by atoms with E-state index >= 15 is 0 Å². The van der Waals surface area contributed by atoms with Gasteiger partial charge in [0.1, 0.15) is 5.75 Å². The lowest BCUT2D eigenvalue weighted by Gasteiger charge is -2.26. The lowest BCUT2D eigenvalue weighted by Crippen LogP contribution is -2.35. The van der Waals surface area contributed by atoms with E-state index in [-0.39, 0.29) is 11.3 Å². The van der Waals surface area contributed by atoms with Crippen molar-refractivity contribution in [3.63, 3.8) is 0 Å². The second kappa shape index (κ2) is 7.16. The SMILES string of the molecule is CCC(C#N)CNCC(C)(C)c1ccc(OC)cc1. The Bertz CT molecular complexity index is 417. The van der Waals surface area contributed by atoms with Gasteiger partial charge in [-0.25, -0.2) is 0 Å². The van der Waals surface area contributed by atoms with Gasteiger partial charge in [-0.05, 0) is 24.1 Å². The molecule has 19 heavy (non-hydrogen) atoms. The van der Waals surface area contributed by atoms with Gasteiger partial charge < -0.3 is 10.1 Å². The van der Waals surface area contributed by atoms with E-state index in [1.54, 1.807) is 7.11 Å². The second-order valence-corrected chi connectivity index (χ2v) is 5.48. The van der Waals surface area contributed by atoms with Crippen LogP contribution in [0.4, 0.5) is 0 Å². The summed E-state index contributed by atoms with van der Waals surface area (Å²) in [5.74, 6) is 0.981. The highest BCUT2D eigenvalue weighted by Crippen LogP contribution is 2.24. The first-order valence-corrected chi connectivity index (χ1v) is 6.78. The molecule has 1 N–H and O–H groups in total. The fourth-order valence-electron chi connectivity index (χ4n) is 1.98. The second-order valence-electron chi connectivity index (χ2n) is 5.48. The topological polar surface area (TPSA) is 45.0 Å². The highest BCUT2D eigenvalue weighted by molar-refractivity contribution is 5.31. The maximum absolute atomic E-state index is 8.93. The van der Waals surface area contributed by atoms with E-state index in [1.807, 2.05) is 19.1 Å². The first kappa shape index (κ1) is 15.5. The molecule has 0 aliphatic rings. The summed E-state index contributed by atoms with van der Waals surface area (Å²) in [5.41, 5.74) is 1.31. The standard InChI is InChI=1S/C16H24N2O/c1-5-13(10-17)11-18-12-16(2,3)14-6-8-15(19-4)9-7-14/h6-9,13,18H,5,11-12H2,1-4H3. The van der Waals surface area contributed by atoms with E-state index < -0.39 is 0 Å². The monoisotopic (exact) mass is 260 g/mol. The lowest BCUT2D eigenvalue weighted by molar-refractivity contribution is 0.412. The van der Waals surface area contributed by atoms with E-state index in [9.17, 15) is 0 Å². The number of hydrogen-bond acceptors (Lipinski definition) is 3. The smallest absolute Gasteiger partial charge is 0.118 e. The van der Waals surface area contributed by atoms with E-state index in [0.717, 1.165) is 25.3 Å². The molecule has 1 aromatic carbocycles. The van der Waals surface area contributed by atoms with Crippen LogP contribution < -0.4 is 10.1 Å². The Morgan fingerprint density at radius 1 is 1.32 bits per heavy atom. The van der Waals surface area contributed by atoms with E-state index in [4.69, 9.17) is 10.00 Å². The number of nitrogens with one attached hydrogen (secondary N) is 1. The molecule has 0 heterocycles. The average molecular weight is 260 g/mol. The Labute approximate surface area is 116 Å². The number of benzene rings is 1. The molecule has 0 radical (unpaired) electrons. The lowest BCUT2D eigenvalue weighted by atomic mass is 9.84. The predicted octanol–water partition coefficient (Wildman–Crippen LogP) is 3.11. The molecule has 3 nitrogen and oxygen atoms in total. The average Bonchev–Trinajstić information content (AvgIpc) is 2.43. The first-order valence-electron chi connectivity index (χ1n) is 6.78. The molecule has 0 fully saturated rings. The quantitative estimate of drug-likeness (QED) is 0.819. The number of methoxy groups -OCH3 is 1. The normalized spacial score (nSPS) is 12.8. The van der Waals surface area contributed by atoms with Crippen LogP contribution in [0.2, 0.25) is 0 Å². The fourth-order valence-corrected chi connectivity index (χ4v) is 1.98. The van der Waals surface area contributed by atoms with Gasteiger partial charge in [0.2, 0.25) is 0 Å². The number of rotatable bonds is 7. The van der Waals surface area contributed by atoms with Gasteiger partial charge in [-0.1, -0.05) is 32.9 Å². The predicted molar refractivity (Wildman–Crippen MR) is 78.3 cm³/mol. The van der Waals surface area contributed by atoms with Crippen LogP contribution in [0.15, 0.2) is 24.3 Å². The van der Waals surface area contributed by atoms with Crippen LogP contribution in [-0.4, -0.2) is 20.2 Å². The van der Waals surface area contributed by atoms with Crippen molar-refractivity contribution < 1.29 is 4.74 Å². The summed E-state index contributed by atoms with van der Waals surface area (Å²) in [6.07, 6.45) is 0.895. The van der Waals surface area contributed by atoms with Crippen molar-refractivity contribution in [2.75, 3.05) is 20.2 Å². The minimum Gasteiger partial charge on any atom is -0.497 e. The third-order valence-corrected chi connectivity index (χ3v) is 3.50. The molecule has 0 saturated heterocycles. The van der Waals surface area contributed by atoms with Crippen molar-refractivity contribution in [2.24, 2.45) is 5.92 Å². The van der Waals surface area contributed by atoms with Gasteiger partial charge in [0.05, 0.1) is 19.1 Å². The van der Waals surface area contributed by atoms with Crippen molar-refractivity contribution in [3.8, 4) is 11.8 Å². The number of nitriles is 1. The summed E-state index contributed by atoms with van der Waals surface area (Å²) in [4.78, 5) is 0. The van der Waals surface area contributed by atoms with E-state index in [2.05, 4.69) is 37.4 Å². The molecule has 1 atom stereocenters. The third kappa shape index (κ3) is 4.57. The minimum atomic E-state index is 0.0417. The maximum Gasteiger partial charge on any atom is 0.118 e. The first-order chi connectivity index (χ1) is 9.03. The molecule has 0 aliphatic heterocycles. The highest BCUT2D eigenvalue weighted by Gasteiger charge is 2.20. The zero-order chi connectivity index (χ0) is 14.3. The Kier molecular flexibility index (Phi) is 5.85. The molecular weight excluding hydrogens is 236 g/mol. The molecule has 1 rings (SSSR count). The summed E-state index contributed by atoms with van der Waals surface area (Å²) in [6.45, 7) is 8.07. The Balaban J connectivity index is 2.57. The Morgan fingerprint density at radius 2 is 1.95 bits per heavy atom. The minimum absolute atomic E-state index is 0.0417. The molecule has 0 spiro atoms. The molecule has 0 saturated carbocycles. The van der Waals surface area contributed by atoms with Crippen molar-refractivity contribution in [3.05, 3.63) is 29.8 Å². The van der Waals surface area contributed by atoms with Crippen molar-refractivity contribution in [2.45, 2.75) is 32.6 Å². The third-order valence-electron chi connectivity index (χ3n) is 3.50. The largest absolute Gasteiger partial charge is 0.497 e. The molecule has 1 unspecified atom stereocenters. The number of hydrogen-bond donors (Lipinski definition) is 1. The zero-order valence-electron chi connectivity index (χ0n) is 12.4. The Hall–Kier alpha value is -1.53. The molecule has 0 aliphatic carbocycles. The number of ether oxygens (including phenoxy) is 1. The van der Waals surface area contributed by atoms with Crippen LogP contribution >= 0.6 is 0 Å². The van der Waals surface area contributed by atoms with Crippen LogP contribution in [0.25, 0.3) is 0 Å². The molecular formula is C16H24N2O. The van der Waals surface area contributed by atoms with Crippen molar-refractivity contribution in [1.82, 2.24) is 5.32 Å². The van der Waals surface area contributed by atoms with Crippen LogP contribution in [0.1, 0.15) is 32.8 Å². The van der Waals surface area contributed by atoms with Crippen LogP contribution in [0, 0.1) is 17.2 Å². The van der Waals surface area contributed by atoms with Crippen LogP contribution in [0.5, 0.6) is 5.75 Å². The zero-order valence-corrected chi connectivity index (χ0v) is 12.4. The number of nitrogens with zero attached hydrogens (tertiary/aromatic N) is 1. The fraction of sp³-hybridized carbons (Fsp3) is 0.562. The van der Waals surface area contributed by atoms with Gasteiger partial charge in [-0.15, -0.1) is 0 Å². The molecule has 0 bridgehead atoms. The van der Waals surface area contributed by atoms with Gasteiger partial charge in [-0.3, -0.25) is 0 Å².